The summed E-state index contributed by atoms with van der Waals surface area (Å²) in [6.07, 6.45) is 3.26. The number of hydrogen-bond acceptors (Lipinski definition) is 1. The summed E-state index contributed by atoms with van der Waals surface area (Å²) in [5, 5.41) is 0. The number of aromatic nitrogens is 2. The summed E-state index contributed by atoms with van der Waals surface area (Å²) in [6, 6.07) is 6.29. The summed E-state index contributed by atoms with van der Waals surface area (Å²) >= 11 is 9.39. The van der Waals surface area contributed by atoms with Gasteiger partial charge in [0.25, 0.3) is 0 Å². The molecule has 0 amide bonds. The fourth-order valence-electron chi connectivity index (χ4n) is 2.34. The van der Waals surface area contributed by atoms with Crippen LogP contribution in [-0.4, -0.2) is 15.4 Å². The molecule has 0 saturated carbocycles. The predicted molar refractivity (Wildman–Crippen MR) is 85.9 cm³/mol. The molecule has 104 valence electrons. The van der Waals surface area contributed by atoms with Gasteiger partial charge in [0.2, 0.25) is 0 Å². The second-order valence-electron chi connectivity index (χ2n) is 5.29. The molecule has 0 N–H and O–H groups in total. The van der Waals surface area contributed by atoms with Crippen LogP contribution in [0.15, 0.2) is 22.7 Å². The maximum Gasteiger partial charge on any atom is 0.111 e. The fraction of sp³-hybridized carbons (Fsp3) is 0.533. The average molecular weight is 344 g/mol. The Morgan fingerprint density at radius 1 is 1.37 bits per heavy atom. The van der Waals surface area contributed by atoms with Crippen LogP contribution in [0.3, 0.4) is 0 Å². The van der Waals surface area contributed by atoms with E-state index in [0.29, 0.717) is 5.88 Å². The highest BCUT2D eigenvalue weighted by atomic mass is 79.9. The average Bonchev–Trinajstić information content (AvgIpc) is 2.66. The number of benzene rings is 1. The fourth-order valence-corrected chi connectivity index (χ4v) is 2.85. The number of imidazole rings is 1. The lowest BCUT2D eigenvalue weighted by Crippen LogP contribution is -2.05. The SMILES string of the molecule is CC(C)CCCn1c(CCCl)nc2cc(Br)ccc21. The lowest BCUT2D eigenvalue weighted by atomic mass is 10.1. The molecule has 0 aliphatic rings. The van der Waals surface area contributed by atoms with E-state index in [0.717, 1.165) is 34.7 Å². The second-order valence-corrected chi connectivity index (χ2v) is 6.58. The van der Waals surface area contributed by atoms with Crippen molar-refractivity contribution >= 4 is 38.6 Å². The van der Waals surface area contributed by atoms with Gasteiger partial charge < -0.3 is 4.57 Å². The van der Waals surface area contributed by atoms with Crippen LogP contribution in [0.25, 0.3) is 11.0 Å². The van der Waals surface area contributed by atoms with Crippen LogP contribution >= 0.6 is 27.5 Å². The van der Waals surface area contributed by atoms with Crippen LogP contribution in [0.2, 0.25) is 0 Å². The Bertz CT molecular complexity index is 548. The summed E-state index contributed by atoms with van der Waals surface area (Å²) in [6.45, 7) is 5.56. The van der Waals surface area contributed by atoms with Crippen molar-refractivity contribution in [3.63, 3.8) is 0 Å². The van der Waals surface area contributed by atoms with Gasteiger partial charge in [0.1, 0.15) is 5.82 Å². The third-order valence-electron chi connectivity index (χ3n) is 3.27. The number of halogens is 2. The topological polar surface area (TPSA) is 17.8 Å². The van der Waals surface area contributed by atoms with E-state index in [-0.39, 0.29) is 0 Å². The molecular weight excluding hydrogens is 324 g/mol. The van der Waals surface area contributed by atoms with E-state index >= 15 is 0 Å². The van der Waals surface area contributed by atoms with Crippen LogP contribution in [0.5, 0.6) is 0 Å². The molecule has 19 heavy (non-hydrogen) atoms. The predicted octanol–water partition coefficient (Wildman–Crippen LogP) is 5.02. The van der Waals surface area contributed by atoms with Crippen molar-refractivity contribution in [2.24, 2.45) is 5.92 Å². The first-order chi connectivity index (χ1) is 9.11. The molecule has 0 radical (unpaired) electrons. The van der Waals surface area contributed by atoms with Gasteiger partial charge in [-0.25, -0.2) is 4.98 Å². The highest BCUT2D eigenvalue weighted by Gasteiger charge is 2.10. The molecule has 1 aromatic carbocycles. The quantitative estimate of drug-likeness (QED) is 0.674. The number of aryl methyl sites for hydroxylation is 2. The molecule has 0 aliphatic heterocycles. The normalized spacial score (nSPS) is 11.6. The Balaban J connectivity index is 2.29. The third kappa shape index (κ3) is 3.73. The molecule has 0 bridgehead atoms. The molecule has 0 saturated heterocycles. The molecule has 0 aliphatic carbocycles. The van der Waals surface area contributed by atoms with Gasteiger partial charge in [0.15, 0.2) is 0 Å². The maximum absolute atomic E-state index is 5.89. The van der Waals surface area contributed by atoms with Crippen molar-refractivity contribution in [2.45, 2.75) is 39.7 Å². The lowest BCUT2D eigenvalue weighted by molar-refractivity contribution is 0.510. The number of nitrogens with zero attached hydrogens (tertiary/aromatic N) is 2. The van der Waals surface area contributed by atoms with Gasteiger partial charge >= 0.3 is 0 Å². The summed E-state index contributed by atoms with van der Waals surface area (Å²) in [7, 11) is 0. The number of alkyl halides is 1. The molecule has 0 fully saturated rings. The van der Waals surface area contributed by atoms with E-state index in [4.69, 9.17) is 16.6 Å². The Morgan fingerprint density at radius 2 is 2.16 bits per heavy atom. The molecule has 2 aromatic rings. The number of rotatable bonds is 6. The van der Waals surface area contributed by atoms with Crippen LogP contribution in [-0.2, 0) is 13.0 Å². The minimum absolute atomic E-state index is 0.620. The van der Waals surface area contributed by atoms with Gasteiger partial charge in [-0.05, 0) is 37.0 Å². The first kappa shape index (κ1) is 14.9. The Hall–Kier alpha value is -0.540. The van der Waals surface area contributed by atoms with Crippen LogP contribution in [0, 0.1) is 5.92 Å². The lowest BCUT2D eigenvalue weighted by Gasteiger charge is -2.10. The van der Waals surface area contributed by atoms with E-state index in [1.165, 1.54) is 18.4 Å². The van der Waals surface area contributed by atoms with E-state index in [2.05, 4.69) is 52.5 Å². The van der Waals surface area contributed by atoms with Crippen molar-refractivity contribution in [1.82, 2.24) is 9.55 Å². The highest BCUT2D eigenvalue weighted by molar-refractivity contribution is 9.10. The first-order valence-corrected chi connectivity index (χ1v) is 8.15. The van der Waals surface area contributed by atoms with Gasteiger partial charge in [0.05, 0.1) is 11.0 Å². The van der Waals surface area contributed by atoms with E-state index < -0.39 is 0 Å². The van der Waals surface area contributed by atoms with Crippen molar-refractivity contribution in [3.05, 3.63) is 28.5 Å². The van der Waals surface area contributed by atoms with Gasteiger partial charge in [-0.2, -0.15) is 0 Å². The second kappa shape index (κ2) is 6.76. The zero-order chi connectivity index (χ0) is 13.8. The van der Waals surface area contributed by atoms with Crippen LogP contribution in [0.1, 0.15) is 32.5 Å². The Morgan fingerprint density at radius 3 is 2.84 bits per heavy atom. The molecule has 0 atom stereocenters. The molecule has 2 rings (SSSR count). The Labute approximate surface area is 128 Å². The van der Waals surface area contributed by atoms with Gasteiger partial charge in [0, 0.05) is 23.3 Å². The number of fused-ring (bicyclic) bond motifs is 1. The molecule has 0 spiro atoms. The number of hydrogen-bond donors (Lipinski definition) is 0. The van der Waals surface area contributed by atoms with E-state index in [1.54, 1.807) is 0 Å². The summed E-state index contributed by atoms with van der Waals surface area (Å²) in [5.74, 6) is 2.47. The maximum atomic E-state index is 5.89. The first-order valence-electron chi connectivity index (χ1n) is 6.82. The molecule has 2 nitrogen and oxygen atoms in total. The molecule has 4 heteroatoms. The zero-order valence-electron chi connectivity index (χ0n) is 11.5. The minimum Gasteiger partial charge on any atom is -0.328 e. The van der Waals surface area contributed by atoms with Crippen molar-refractivity contribution in [1.29, 1.82) is 0 Å². The molecule has 0 unspecified atom stereocenters. The van der Waals surface area contributed by atoms with Crippen molar-refractivity contribution in [2.75, 3.05) is 5.88 Å². The van der Waals surface area contributed by atoms with Crippen molar-refractivity contribution in [3.8, 4) is 0 Å². The van der Waals surface area contributed by atoms with E-state index in [1.807, 2.05) is 0 Å². The van der Waals surface area contributed by atoms with Gasteiger partial charge in [-0.15, -0.1) is 11.6 Å². The smallest absolute Gasteiger partial charge is 0.111 e. The monoisotopic (exact) mass is 342 g/mol. The van der Waals surface area contributed by atoms with Crippen molar-refractivity contribution < 1.29 is 0 Å². The zero-order valence-corrected chi connectivity index (χ0v) is 13.8. The van der Waals surface area contributed by atoms with E-state index in [9.17, 15) is 0 Å². The molecular formula is C15H20BrClN2. The van der Waals surface area contributed by atoms with Gasteiger partial charge in [-0.3, -0.25) is 0 Å². The standard InChI is InChI=1S/C15H20BrClN2/c1-11(2)4-3-9-19-14-6-5-12(16)10-13(14)18-15(19)7-8-17/h5-6,10-11H,3-4,7-9H2,1-2H3. The van der Waals surface area contributed by atoms with Crippen LogP contribution in [0.4, 0.5) is 0 Å². The van der Waals surface area contributed by atoms with Crippen LogP contribution < -0.4 is 0 Å². The molecule has 1 heterocycles. The minimum atomic E-state index is 0.620. The summed E-state index contributed by atoms with van der Waals surface area (Å²) in [4.78, 5) is 4.71. The summed E-state index contributed by atoms with van der Waals surface area (Å²) < 4.78 is 3.40. The Kier molecular flexibility index (Phi) is 5.28. The highest BCUT2D eigenvalue weighted by Crippen LogP contribution is 2.22. The largest absolute Gasteiger partial charge is 0.328 e. The summed E-state index contributed by atoms with van der Waals surface area (Å²) in [5.41, 5.74) is 2.27. The van der Waals surface area contributed by atoms with Gasteiger partial charge in [-0.1, -0.05) is 29.8 Å². The third-order valence-corrected chi connectivity index (χ3v) is 3.95. The molecule has 1 aromatic heterocycles.